The Bertz CT molecular complexity index is 265. The monoisotopic (exact) mass is 221 g/mol. The third kappa shape index (κ3) is 1.63. The molecule has 92 valence electrons. The summed E-state index contributed by atoms with van der Waals surface area (Å²) in [6, 6.07) is 0.920. The highest BCUT2D eigenvalue weighted by Crippen LogP contribution is 2.66. The summed E-state index contributed by atoms with van der Waals surface area (Å²) in [5.41, 5.74) is 0.679. The van der Waals surface area contributed by atoms with E-state index in [2.05, 4.69) is 25.7 Å². The largest absolute Gasteiger partial charge is 0.300 e. The molecule has 3 fully saturated rings. The molecule has 1 nitrogen and oxygen atoms in total. The van der Waals surface area contributed by atoms with Gasteiger partial charge in [-0.3, -0.25) is 0 Å². The van der Waals surface area contributed by atoms with Crippen LogP contribution in [0.4, 0.5) is 0 Å². The van der Waals surface area contributed by atoms with Gasteiger partial charge >= 0.3 is 0 Å². The Kier molecular flexibility index (Phi) is 2.58. The number of hydrogen-bond acceptors (Lipinski definition) is 1. The lowest BCUT2D eigenvalue weighted by Gasteiger charge is -2.40. The maximum atomic E-state index is 2.82. The first-order valence-corrected chi connectivity index (χ1v) is 7.35. The van der Waals surface area contributed by atoms with E-state index in [1.54, 1.807) is 0 Å². The Hall–Kier alpha value is -0.0400. The van der Waals surface area contributed by atoms with Crippen LogP contribution in [0.15, 0.2) is 0 Å². The predicted octanol–water partition coefficient (Wildman–Crippen LogP) is 3.54. The minimum atomic E-state index is 0.679. The van der Waals surface area contributed by atoms with Crippen LogP contribution in [0.2, 0.25) is 0 Å². The maximum absolute atomic E-state index is 2.82. The van der Waals surface area contributed by atoms with E-state index in [-0.39, 0.29) is 0 Å². The van der Waals surface area contributed by atoms with Crippen LogP contribution in [0.1, 0.15) is 52.9 Å². The molecule has 0 aromatic rings. The number of hydrogen-bond donors (Lipinski definition) is 0. The van der Waals surface area contributed by atoms with Gasteiger partial charge in [0.1, 0.15) is 0 Å². The molecule has 2 saturated carbocycles. The summed E-state index contributed by atoms with van der Waals surface area (Å²) >= 11 is 0. The number of likely N-dealkylation sites (tertiary alicyclic amines) is 1. The Labute approximate surface area is 101 Å². The molecule has 0 aromatic heterocycles. The molecule has 1 saturated heterocycles. The highest BCUT2D eigenvalue weighted by atomic mass is 15.2. The van der Waals surface area contributed by atoms with Gasteiger partial charge in [0.05, 0.1) is 0 Å². The van der Waals surface area contributed by atoms with Crippen molar-refractivity contribution in [3.8, 4) is 0 Å². The van der Waals surface area contributed by atoms with Gasteiger partial charge in [-0.2, -0.15) is 0 Å². The van der Waals surface area contributed by atoms with E-state index < -0.39 is 0 Å². The Morgan fingerprint density at radius 2 is 1.56 bits per heavy atom. The fourth-order valence-electron chi connectivity index (χ4n) is 4.60. The average molecular weight is 221 g/mol. The van der Waals surface area contributed by atoms with Gasteiger partial charge in [-0.25, -0.2) is 0 Å². The Balaban J connectivity index is 1.67. The van der Waals surface area contributed by atoms with E-state index in [1.807, 2.05) is 0 Å². The van der Waals surface area contributed by atoms with Gasteiger partial charge in [-0.05, 0) is 61.9 Å². The summed E-state index contributed by atoms with van der Waals surface area (Å²) in [5, 5.41) is 0. The van der Waals surface area contributed by atoms with E-state index in [0.717, 1.165) is 23.8 Å². The molecule has 3 aliphatic rings. The molecule has 0 spiro atoms. The standard InChI is InChI=1S/C15H27N/c1-11-9-12-13(15(12,2)3)10-14(11)16-7-5-4-6-8-16/h11-14H,4-10H2,1-3H3/t11?,12-,13+,14?/m0/s1. The van der Waals surface area contributed by atoms with Crippen molar-refractivity contribution in [1.29, 1.82) is 0 Å². The smallest absolute Gasteiger partial charge is 0.0124 e. The van der Waals surface area contributed by atoms with Crippen molar-refractivity contribution < 1.29 is 0 Å². The van der Waals surface area contributed by atoms with Crippen molar-refractivity contribution >= 4 is 0 Å². The summed E-state index contributed by atoms with van der Waals surface area (Å²) in [6.07, 6.45) is 7.36. The maximum Gasteiger partial charge on any atom is 0.0124 e. The lowest BCUT2D eigenvalue weighted by Crippen LogP contribution is -2.44. The molecule has 1 aliphatic heterocycles. The lowest BCUT2D eigenvalue weighted by atomic mass is 9.84. The molecule has 0 bridgehead atoms. The van der Waals surface area contributed by atoms with Gasteiger partial charge < -0.3 is 4.90 Å². The second-order valence-corrected chi connectivity index (χ2v) is 7.15. The number of piperidine rings is 1. The van der Waals surface area contributed by atoms with Crippen LogP contribution >= 0.6 is 0 Å². The molecule has 2 unspecified atom stereocenters. The molecule has 0 radical (unpaired) electrons. The van der Waals surface area contributed by atoms with Crippen LogP contribution in [0.5, 0.6) is 0 Å². The zero-order valence-electron chi connectivity index (χ0n) is 11.2. The minimum Gasteiger partial charge on any atom is -0.300 e. The van der Waals surface area contributed by atoms with Gasteiger partial charge in [0.25, 0.3) is 0 Å². The van der Waals surface area contributed by atoms with Crippen LogP contribution in [0.3, 0.4) is 0 Å². The van der Waals surface area contributed by atoms with Crippen molar-refractivity contribution in [2.75, 3.05) is 13.1 Å². The molecule has 2 aliphatic carbocycles. The first-order chi connectivity index (χ1) is 7.60. The molecule has 0 N–H and O–H groups in total. The van der Waals surface area contributed by atoms with E-state index in [0.29, 0.717) is 5.41 Å². The topological polar surface area (TPSA) is 3.24 Å². The molecule has 3 rings (SSSR count). The fraction of sp³-hybridized carbons (Fsp3) is 1.00. The number of nitrogens with zero attached hydrogens (tertiary/aromatic N) is 1. The summed E-state index contributed by atoms with van der Waals surface area (Å²) in [5.74, 6) is 3.06. The number of rotatable bonds is 1. The van der Waals surface area contributed by atoms with E-state index >= 15 is 0 Å². The Morgan fingerprint density at radius 3 is 2.25 bits per heavy atom. The summed E-state index contributed by atoms with van der Waals surface area (Å²) in [7, 11) is 0. The molecule has 16 heavy (non-hydrogen) atoms. The predicted molar refractivity (Wildman–Crippen MR) is 68.4 cm³/mol. The van der Waals surface area contributed by atoms with Crippen molar-refractivity contribution in [3.05, 3.63) is 0 Å². The summed E-state index contributed by atoms with van der Waals surface area (Å²) < 4.78 is 0. The quantitative estimate of drug-likeness (QED) is 0.654. The van der Waals surface area contributed by atoms with Gasteiger partial charge in [0.15, 0.2) is 0 Å². The lowest BCUT2D eigenvalue weighted by molar-refractivity contribution is 0.0883. The molecular formula is C15H27N. The SMILES string of the molecule is CC1C[C@H]2[C@@H](CC1N1CCCCC1)C2(C)C. The summed E-state index contributed by atoms with van der Waals surface area (Å²) in [6.45, 7) is 10.3. The van der Waals surface area contributed by atoms with Crippen LogP contribution in [-0.2, 0) is 0 Å². The first kappa shape index (κ1) is 11.1. The van der Waals surface area contributed by atoms with Gasteiger partial charge in [-0.15, -0.1) is 0 Å². The molecular weight excluding hydrogens is 194 g/mol. The zero-order chi connectivity index (χ0) is 11.3. The van der Waals surface area contributed by atoms with E-state index in [9.17, 15) is 0 Å². The van der Waals surface area contributed by atoms with Crippen molar-refractivity contribution in [3.63, 3.8) is 0 Å². The average Bonchev–Trinajstić information content (AvgIpc) is 2.80. The molecule has 0 amide bonds. The van der Waals surface area contributed by atoms with Crippen LogP contribution in [0, 0.1) is 23.2 Å². The highest BCUT2D eigenvalue weighted by molar-refractivity contribution is 5.10. The zero-order valence-corrected chi connectivity index (χ0v) is 11.2. The van der Waals surface area contributed by atoms with Gasteiger partial charge in [0, 0.05) is 6.04 Å². The second-order valence-electron chi connectivity index (χ2n) is 7.15. The van der Waals surface area contributed by atoms with Gasteiger partial charge in [-0.1, -0.05) is 27.2 Å². The molecule has 1 heteroatoms. The van der Waals surface area contributed by atoms with Crippen molar-refractivity contribution in [1.82, 2.24) is 4.90 Å². The third-order valence-corrected chi connectivity index (χ3v) is 5.93. The fourth-order valence-corrected chi connectivity index (χ4v) is 4.60. The van der Waals surface area contributed by atoms with Gasteiger partial charge in [0.2, 0.25) is 0 Å². The van der Waals surface area contributed by atoms with E-state index in [4.69, 9.17) is 0 Å². The third-order valence-electron chi connectivity index (χ3n) is 5.93. The van der Waals surface area contributed by atoms with Crippen LogP contribution in [0.25, 0.3) is 0 Å². The minimum absolute atomic E-state index is 0.679. The van der Waals surface area contributed by atoms with E-state index in [1.165, 1.54) is 45.2 Å². The normalized spacial score (nSPS) is 47.4. The first-order valence-electron chi connectivity index (χ1n) is 7.35. The molecule has 0 aromatic carbocycles. The second kappa shape index (κ2) is 3.73. The van der Waals surface area contributed by atoms with Crippen LogP contribution < -0.4 is 0 Å². The van der Waals surface area contributed by atoms with Crippen LogP contribution in [-0.4, -0.2) is 24.0 Å². The number of fused-ring (bicyclic) bond motifs is 1. The van der Waals surface area contributed by atoms with Crippen molar-refractivity contribution in [2.45, 2.75) is 58.9 Å². The molecule has 4 atom stereocenters. The summed E-state index contributed by atoms with van der Waals surface area (Å²) in [4.78, 5) is 2.82. The highest BCUT2D eigenvalue weighted by Gasteiger charge is 2.61. The van der Waals surface area contributed by atoms with Crippen molar-refractivity contribution in [2.24, 2.45) is 23.2 Å². The molecule has 1 heterocycles. The Morgan fingerprint density at radius 1 is 0.938 bits per heavy atom.